The van der Waals surface area contributed by atoms with Crippen LogP contribution in [0, 0.1) is 5.41 Å². The molecule has 0 aliphatic rings. The van der Waals surface area contributed by atoms with Gasteiger partial charge in [0.25, 0.3) is 0 Å². The zero-order chi connectivity index (χ0) is 14.9. The van der Waals surface area contributed by atoms with Crippen molar-refractivity contribution >= 4 is 11.7 Å². The van der Waals surface area contributed by atoms with Crippen molar-refractivity contribution in [3.8, 4) is 0 Å². The molecule has 0 rings (SSSR count). The fourth-order valence-corrected chi connectivity index (χ4v) is 1.69. The van der Waals surface area contributed by atoms with Crippen LogP contribution in [0.25, 0.3) is 0 Å². The number of nitrogens with one attached hydrogen (secondary N) is 2. The lowest BCUT2D eigenvalue weighted by molar-refractivity contribution is -0.122. The molecular weight excluding hydrogens is 244 g/mol. The number of rotatable bonds is 9. The van der Waals surface area contributed by atoms with E-state index < -0.39 is 0 Å². The van der Waals surface area contributed by atoms with Crippen molar-refractivity contribution in [3.63, 3.8) is 0 Å². The van der Waals surface area contributed by atoms with E-state index in [0.717, 1.165) is 25.8 Å². The number of carbonyl (C=O) groups excluding carboxylic acids is 1. The first-order chi connectivity index (χ1) is 8.85. The van der Waals surface area contributed by atoms with E-state index in [0.29, 0.717) is 6.54 Å². The second-order valence-electron chi connectivity index (χ2n) is 5.40. The Bertz CT molecular complexity index is 303. The topological polar surface area (TPSA) is 99.7 Å². The van der Waals surface area contributed by atoms with Gasteiger partial charge in [-0.15, -0.1) is 0 Å². The highest BCUT2D eigenvalue weighted by Crippen LogP contribution is 2.23. The molecule has 112 valence electrons. The van der Waals surface area contributed by atoms with Gasteiger partial charge in [-0.05, 0) is 33.2 Å². The minimum absolute atomic E-state index is 0.0273. The van der Waals surface area contributed by atoms with Gasteiger partial charge in [-0.25, -0.2) is 0 Å². The van der Waals surface area contributed by atoms with Crippen molar-refractivity contribution in [2.24, 2.45) is 16.3 Å². The predicted octanol–water partition coefficient (Wildman–Crippen LogP) is 1.04. The van der Waals surface area contributed by atoms with Crippen LogP contribution in [0.1, 0.15) is 47.0 Å². The number of amides is 1. The molecule has 0 aromatic heterocycles. The number of amidine groups is 1. The molecule has 0 aromatic rings. The third-order valence-corrected chi connectivity index (χ3v) is 3.22. The Morgan fingerprint density at radius 3 is 2.58 bits per heavy atom. The molecule has 5 N–H and O–H groups in total. The van der Waals surface area contributed by atoms with Crippen molar-refractivity contribution in [2.75, 3.05) is 13.1 Å². The smallest absolute Gasteiger partial charge is 0.236 e. The lowest BCUT2D eigenvalue weighted by Gasteiger charge is -2.22. The number of likely N-dealkylation sites (N-methyl/N-ethyl adjacent to an activating group) is 1. The summed E-state index contributed by atoms with van der Waals surface area (Å²) in [7, 11) is 0. The molecule has 19 heavy (non-hydrogen) atoms. The molecule has 1 unspecified atom stereocenters. The highest BCUT2D eigenvalue weighted by Gasteiger charge is 2.22. The van der Waals surface area contributed by atoms with E-state index in [4.69, 9.17) is 10.9 Å². The number of nitrogens with zero attached hydrogens (tertiary/aromatic N) is 1. The molecule has 1 atom stereocenters. The number of nitrogens with two attached hydrogens (primary N) is 1. The maximum atomic E-state index is 11.5. The zero-order valence-electron chi connectivity index (χ0n) is 12.5. The summed E-state index contributed by atoms with van der Waals surface area (Å²) in [4.78, 5) is 11.5. The van der Waals surface area contributed by atoms with Gasteiger partial charge < -0.3 is 21.6 Å². The van der Waals surface area contributed by atoms with E-state index in [1.807, 2.05) is 27.7 Å². The summed E-state index contributed by atoms with van der Waals surface area (Å²) in [6.45, 7) is 9.09. The van der Waals surface area contributed by atoms with Crippen LogP contribution >= 0.6 is 0 Å². The van der Waals surface area contributed by atoms with Gasteiger partial charge in [0.05, 0.1) is 6.04 Å². The van der Waals surface area contributed by atoms with Gasteiger partial charge in [-0.2, -0.15) is 0 Å². The molecule has 6 nitrogen and oxygen atoms in total. The van der Waals surface area contributed by atoms with Gasteiger partial charge in [-0.1, -0.05) is 25.4 Å². The maximum Gasteiger partial charge on any atom is 0.236 e. The molecule has 0 bridgehead atoms. The maximum absolute atomic E-state index is 11.5. The summed E-state index contributed by atoms with van der Waals surface area (Å²) >= 11 is 0. The van der Waals surface area contributed by atoms with Crippen molar-refractivity contribution in [2.45, 2.75) is 53.0 Å². The van der Waals surface area contributed by atoms with Crippen molar-refractivity contribution in [1.29, 1.82) is 0 Å². The largest absolute Gasteiger partial charge is 0.409 e. The summed E-state index contributed by atoms with van der Waals surface area (Å²) in [5.74, 6) is 0.288. The van der Waals surface area contributed by atoms with E-state index in [1.165, 1.54) is 0 Å². The summed E-state index contributed by atoms with van der Waals surface area (Å²) in [5.41, 5.74) is 5.33. The van der Waals surface area contributed by atoms with Crippen LogP contribution in [0.5, 0.6) is 0 Å². The Morgan fingerprint density at radius 2 is 2.05 bits per heavy atom. The van der Waals surface area contributed by atoms with E-state index in [-0.39, 0.29) is 23.2 Å². The molecule has 0 fully saturated rings. The second kappa shape index (κ2) is 8.74. The van der Waals surface area contributed by atoms with Crippen LogP contribution in [0.15, 0.2) is 5.16 Å². The van der Waals surface area contributed by atoms with Crippen LogP contribution in [0.4, 0.5) is 0 Å². The average molecular weight is 272 g/mol. The highest BCUT2D eigenvalue weighted by atomic mass is 16.4. The first-order valence-corrected chi connectivity index (χ1v) is 6.84. The third kappa shape index (κ3) is 7.00. The van der Waals surface area contributed by atoms with E-state index in [1.54, 1.807) is 0 Å². The lowest BCUT2D eigenvalue weighted by atomic mass is 9.86. The first kappa shape index (κ1) is 17.7. The van der Waals surface area contributed by atoms with Gasteiger partial charge in [0.2, 0.25) is 5.91 Å². The van der Waals surface area contributed by atoms with E-state index in [9.17, 15) is 4.79 Å². The summed E-state index contributed by atoms with van der Waals surface area (Å²) < 4.78 is 0. The standard InChI is InChI=1S/C13H28N4O2/c1-5-15-11(18)10(2)16-9-7-6-8-13(3,4)12(14)17-19/h10,16,19H,5-9H2,1-4H3,(H2,14,17)(H,15,18). The molecule has 0 aliphatic carbocycles. The monoisotopic (exact) mass is 272 g/mol. The fourth-order valence-electron chi connectivity index (χ4n) is 1.69. The first-order valence-electron chi connectivity index (χ1n) is 6.84. The van der Waals surface area contributed by atoms with E-state index in [2.05, 4.69) is 15.8 Å². The van der Waals surface area contributed by atoms with Crippen LogP contribution in [0.2, 0.25) is 0 Å². The van der Waals surface area contributed by atoms with Crippen LogP contribution in [-0.4, -0.2) is 36.1 Å². The quantitative estimate of drug-likeness (QED) is 0.166. The van der Waals surface area contributed by atoms with Gasteiger partial charge in [-0.3, -0.25) is 4.79 Å². The number of hydrogen-bond acceptors (Lipinski definition) is 4. The number of unbranched alkanes of at least 4 members (excludes halogenated alkanes) is 1. The van der Waals surface area contributed by atoms with Gasteiger partial charge in [0, 0.05) is 12.0 Å². The molecule has 0 saturated carbocycles. The Labute approximate surface area is 115 Å². The average Bonchev–Trinajstić information content (AvgIpc) is 2.37. The molecule has 6 heteroatoms. The zero-order valence-corrected chi connectivity index (χ0v) is 12.5. The molecule has 1 amide bonds. The third-order valence-electron chi connectivity index (χ3n) is 3.22. The highest BCUT2D eigenvalue weighted by molar-refractivity contribution is 5.85. The molecular formula is C13H28N4O2. The molecule has 0 aromatic carbocycles. The number of hydrogen-bond donors (Lipinski definition) is 4. The Balaban J connectivity index is 3.79. The molecule has 0 aliphatic heterocycles. The molecule has 0 heterocycles. The van der Waals surface area contributed by atoms with Crippen molar-refractivity contribution in [3.05, 3.63) is 0 Å². The van der Waals surface area contributed by atoms with Gasteiger partial charge >= 0.3 is 0 Å². The van der Waals surface area contributed by atoms with Crippen LogP contribution in [-0.2, 0) is 4.79 Å². The minimum atomic E-state index is -0.292. The van der Waals surface area contributed by atoms with Crippen LogP contribution < -0.4 is 16.4 Å². The molecule has 0 spiro atoms. The summed E-state index contributed by atoms with van der Waals surface area (Å²) in [6.07, 6.45) is 2.75. The van der Waals surface area contributed by atoms with Gasteiger partial charge in [0.15, 0.2) is 0 Å². The van der Waals surface area contributed by atoms with Crippen LogP contribution in [0.3, 0.4) is 0 Å². The van der Waals surface area contributed by atoms with Crippen molar-refractivity contribution < 1.29 is 10.0 Å². The normalized spacial score (nSPS) is 14.2. The predicted molar refractivity (Wildman–Crippen MR) is 77.2 cm³/mol. The SMILES string of the molecule is CCNC(=O)C(C)NCCCCC(C)(C)C(N)=NO. The van der Waals surface area contributed by atoms with Gasteiger partial charge in [0.1, 0.15) is 5.84 Å². The number of carbonyl (C=O) groups is 1. The van der Waals surface area contributed by atoms with E-state index >= 15 is 0 Å². The summed E-state index contributed by atoms with van der Waals surface area (Å²) in [6, 6.07) is -0.169. The minimum Gasteiger partial charge on any atom is -0.409 e. The Kier molecular flexibility index (Phi) is 8.14. The molecule has 0 radical (unpaired) electrons. The Hall–Kier alpha value is -1.30. The lowest BCUT2D eigenvalue weighted by Crippen LogP contribution is -2.42. The number of oxime groups is 1. The Morgan fingerprint density at radius 1 is 1.42 bits per heavy atom. The second-order valence-corrected chi connectivity index (χ2v) is 5.40. The fraction of sp³-hybridized carbons (Fsp3) is 0.846. The summed E-state index contributed by atoms with van der Waals surface area (Å²) in [5, 5.41) is 17.7. The van der Waals surface area contributed by atoms with Crippen molar-refractivity contribution in [1.82, 2.24) is 10.6 Å². The molecule has 0 saturated heterocycles.